The molecule has 1 aliphatic heterocycles. The Bertz CT molecular complexity index is 1440. The Morgan fingerprint density at radius 1 is 1.26 bits per heavy atom. The molecule has 4 aromatic rings. The second-order valence-electron chi connectivity index (χ2n) is 8.88. The molecule has 3 aromatic heterocycles. The number of hydrogen-bond acceptors (Lipinski definition) is 7. The average molecular weight is 490 g/mol. The first-order valence-electron chi connectivity index (χ1n) is 11.7. The molecule has 0 bridgehead atoms. The SMILES string of the molecule is Cn1ncc(Cl)c1/C=C1/CCc2c(OC[C@H]3CCCN3c3ncnc4[nH]cnc34)cccc2C1=O. The summed E-state index contributed by atoms with van der Waals surface area (Å²) in [5.74, 6) is 1.61. The highest BCUT2D eigenvalue weighted by Crippen LogP contribution is 2.34. The van der Waals surface area contributed by atoms with Crippen LogP contribution in [0.1, 0.15) is 40.9 Å². The minimum Gasteiger partial charge on any atom is -0.491 e. The van der Waals surface area contributed by atoms with Crippen LogP contribution in [0, 0.1) is 0 Å². The van der Waals surface area contributed by atoms with E-state index in [0.717, 1.165) is 65.4 Å². The summed E-state index contributed by atoms with van der Waals surface area (Å²) in [5.41, 5.74) is 4.63. The predicted octanol–water partition coefficient (Wildman–Crippen LogP) is 4.00. The van der Waals surface area contributed by atoms with E-state index in [1.165, 1.54) is 0 Å². The van der Waals surface area contributed by atoms with Crippen molar-refractivity contribution in [2.75, 3.05) is 18.1 Å². The van der Waals surface area contributed by atoms with E-state index >= 15 is 0 Å². The maximum absolute atomic E-state index is 13.3. The van der Waals surface area contributed by atoms with Crippen LogP contribution in [0.25, 0.3) is 17.2 Å². The van der Waals surface area contributed by atoms with Crippen LogP contribution in [-0.2, 0) is 13.5 Å². The van der Waals surface area contributed by atoms with Crippen molar-refractivity contribution in [3.05, 3.63) is 64.5 Å². The maximum Gasteiger partial charge on any atom is 0.189 e. The van der Waals surface area contributed by atoms with Gasteiger partial charge in [-0.05, 0) is 37.8 Å². The summed E-state index contributed by atoms with van der Waals surface area (Å²) in [4.78, 5) is 31.8. The number of aryl methyl sites for hydroxylation is 1. The predicted molar refractivity (Wildman–Crippen MR) is 133 cm³/mol. The lowest BCUT2D eigenvalue weighted by Gasteiger charge is -2.27. The number of rotatable bonds is 5. The quantitative estimate of drug-likeness (QED) is 0.423. The molecule has 9 nitrogen and oxygen atoms in total. The lowest BCUT2D eigenvalue weighted by Crippen LogP contribution is -2.35. The number of aromatic amines is 1. The second kappa shape index (κ2) is 8.81. The van der Waals surface area contributed by atoms with Crippen molar-refractivity contribution in [2.45, 2.75) is 31.7 Å². The minimum absolute atomic E-state index is 0.0124. The topological polar surface area (TPSA) is 102 Å². The zero-order valence-corrected chi connectivity index (χ0v) is 20.0. The summed E-state index contributed by atoms with van der Waals surface area (Å²) in [6.45, 7) is 1.40. The molecule has 4 heterocycles. The van der Waals surface area contributed by atoms with Gasteiger partial charge >= 0.3 is 0 Å². The Kier molecular flexibility index (Phi) is 5.49. The molecule has 0 radical (unpaired) electrons. The van der Waals surface area contributed by atoms with E-state index < -0.39 is 0 Å². The number of carbonyl (C=O) groups excluding carboxylic acids is 1. The van der Waals surface area contributed by atoms with Gasteiger partial charge in [0.2, 0.25) is 0 Å². The average Bonchev–Trinajstić information content (AvgIpc) is 3.61. The summed E-state index contributed by atoms with van der Waals surface area (Å²) in [6.07, 6.45) is 10.1. The monoisotopic (exact) mass is 489 g/mol. The number of nitrogens with zero attached hydrogens (tertiary/aromatic N) is 6. The van der Waals surface area contributed by atoms with Crippen LogP contribution < -0.4 is 9.64 Å². The number of ketones is 1. The molecule has 1 N–H and O–H groups in total. The Morgan fingerprint density at radius 3 is 3.03 bits per heavy atom. The van der Waals surface area contributed by atoms with Gasteiger partial charge in [-0.25, -0.2) is 15.0 Å². The standard InChI is InChI=1S/C25H24ClN7O2/c1-32-20(19(26)11-31-32)10-15-7-8-17-18(23(15)34)5-2-6-21(17)35-12-16-4-3-9-33(16)25-22-24(28-13-27-22)29-14-30-25/h2,5-6,10-11,13-14,16H,3-4,7-9,12H2,1H3,(H,27,28,29,30)/b15-10-/t16-/m1/s1. The first kappa shape index (κ1) is 21.8. The van der Waals surface area contributed by atoms with Crippen molar-refractivity contribution in [1.29, 1.82) is 0 Å². The Labute approximate surface area is 206 Å². The van der Waals surface area contributed by atoms with Gasteiger partial charge in [0, 0.05) is 30.3 Å². The molecule has 0 saturated carbocycles. The van der Waals surface area contributed by atoms with Gasteiger partial charge in [0.15, 0.2) is 17.2 Å². The molecular weight excluding hydrogens is 466 g/mol. The molecule has 178 valence electrons. The third-order valence-corrected chi connectivity index (χ3v) is 7.13. The Hall–Kier alpha value is -3.72. The number of Topliss-reactive ketones (excluding diaryl/α,β-unsaturated/α-hetero) is 1. The van der Waals surface area contributed by atoms with Crippen molar-refractivity contribution in [1.82, 2.24) is 29.7 Å². The van der Waals surface area contributed by atoms with E-state index in [9.17, 15) is 4.79 Å². The first-order valence-corrected chi connectivity index (χ1v) is 12.1. The summed E-state index contributed by atoms with van der Waals surface area (Å²) in [7, 11) is 1.82. The lowest BCUT2D eigenvalue weighted by atomic mass is 9.86. The molecule has 1 fully saturated rings. The number of allylic oxidation sites excluding steroid dienone is 1. The molecule has 35 heavy (non-hydrogen) atoms. The number of benzene rings is 1. The van der Waals surface area contributed by atoms with Gasteiger partial charge in [0.05, 0.1) is 29.3 Å². The highest BCUT2D eigenvalue weighted by molar-refractivity contribution is 6.32. The molecular formula is C25H24ClN7O2. The number of halogens is 1. The van der Waals surface area contributed by atoms with E-state index in [-0.39, 0.29) is 11.8 Å². The summed E-state index contributed by atoms with van der Waals surface area (Å²) < 4.78 is 8.02. The van der Waals surface area contributed by atoms with E-state index in [2.05, 4.69) is 29.9 Å². The van der Waals surface area contributed by atoms with Gasteiger partial charge in [-0.2, -0.15) is 5.10 Å². The number of nitrogens with one attached hydrogen (secondary N) is 1. The van der Waals surface area contributed by atoms with Crippen molar-refractivity contribution < 1.29 is 9.53 Å². The largest absolute Gasteiger partial charge is 0.491 e. The zero-order chi connectivity index (χ0) is 23.9. The fourth-order valence-electron chi connectivity index (χ4n) is 5.04. The van der Waals surface area contributed by atoms with E-state index in [4.69, 9.17) is 16.3 Å². The van der Waals surface area contributed by atoms with Crippen LogP contribution in [0.5, 0.6) is 5.75 Å². The van der Waals surface area contributed by atoms with E-state index in [0.29, 0.717) is 23.6 Å². The number of aromatic nitrogens is 6. The van der Waals surface area contributed by atoms with Gasteiger partial charge in [-0.15, -0.1) is 0 Å². The van der Waals surface area contributed by atoms with Crippen LogP contribution in [0.2, 0.25) is 5.02 Å². The highest BCUT2D eigenvalue weighted by Gasteiger charge is 2.30. The molecule has 10 heteroatoms. The van der Waals surface area contributed by atoms with Crippen molar-refractivity contribution in [3.8, 4) is 5.75 Å². The van der Waals surface area contributed by atoms with Crippen molar-refractivity contribution in [3.63, 3.8) is 0 Å². The first-order chi connectivity index (χ1) is 17.1. The van der Waals surface area contributed by atoms with Crippen LogP contribution in [0.15, 0.2) is 42.6 Å². The maximum atomic E-state index is 13.3. The van der Waals surface area contributed by atoms with Gasteiger partial charge in [0.1, 0.15) is 24.2 Å². The molecule has 0 amide bonds. The summed E-state index contributed by atoms with van der Waals surface area (Å²) in [5, 5.41) is 4.69. The Balaban J connectivity index is 1.22. The van der Waals surface area contributed by atoms with Gasteiger partial charge in [-0.3, -0.25) is 9.48 Å². The second-order valence-corrected chi connectivity index (χ2v) is 9.29. The highest BCUT2D eigenvalue weighted by atomic mass is 35.5. The molecule has 1 aromatic carbocycles. The number of fused-ring (bicyclic) bond motifs is 2. The van der Waals surface area contributed by atoms with Crippen molar-refractivity contribution >= 4 is 40.4 Å². The van der Waals surface area contributed by atoms with Gasteiger partial charge in [0.25, 0.3) is 0 Å². The van der Waals surface area contributed by atoms with Crippen LogP contribution in [0.4, 0.5) is 5.82 Å². The van der Waals surface area contributed by atoms with Gasteiger partial charge < -0.3 is 14.6 Å². The number of anilines is 1. The summed E-state index contributed by atoms with van der Waals surface area (Å²) >= 11 is 6.25. The number of ether oxygens (including phenoxy) is 1. The fourth-order valence-corrected chi connectivity index (χ4v) is 5.26. The van der Waals surface area contributed by atoms with Crippen LogP contribution in [-0.4, -0.2) is 54.7 Å². The molecule has 1 aliphatic carbocycles. The molecule has 1 atom stereocenters. The van der Waals surface area contributed by atoms with Gasteiger partial charge in [-0.1, -0.05) is 23.7 Å². The summed E-state index contributed by atoms with van der Waals surface area (Å²) in [6, 6.07) is 5.88. The van der Waals surface area contributed by atoms with Crippen LogP contribution in [0.3, 0.4) is 0 Å². The fraction of sp³-hybridized carbons (Fsp3) is 0.320. The number of imidazole rings is 1. The zero-order valence-electron chi connectivity index (χ0n) is 19.2. The van der Waals surface area contributed by atoms with Crippen molar-refractivity contribution in [2.24, 2.45) is 7.05 Å². The molecule has 1 saturated heterocycles. The third-order valence-electron chi connectivity index (χ3n) is 6.84. The van der Waals surface area contributed by atoms with E-state index in [1.807, 2.05) is 31.3 Å². The van der Waals surface area contributed by atoms with Crippen LogP contribution >= 0.6 is 11.6 Å². The lowest BCUT2D eigenvalue weighted by molar-refractivity contribution is 0.102. The third kappa shape index (κ3) is 3.85. The minimum atomic E-state index is 0.0124. The molecule has 6 rings (SSSR count). The molecule has 0 unspecified atom stereocenters. The van der Waals surface area contributed by atoms with E-state index in [1.54, 1.807) is 23.5 Å². The normalized spacial score (nSPS) is 19.0. The Morgan fingerprint density at radius 2 is 2.17 bits per heavy atom. The molecule has 2 aliphatic rings. The number of hydrogen-bond donors (Lipinski definition) is 1. The smallest absolute Gasteiger partial charge is 0.189 e. The molecule has 0 spiro atoms. The number of H-pyrrole nitrogens is 1. The number of carbonyl (C=O) groups is 1.